The minimum Gasteiger partial charge on any atom is -0.465 e. The summed E-state index contributed by atoms with van der Waals surface area (Å²) >= 11 is 0. The largest absolute Gasteiger partial charge is 0.466 e. The Bertz CT molecular complexity index is 461. The molecule has 0 aromatic heterocycles. The van der Waals surface area contributed by atoms with Crippen LogP contribution in [0.1, 0.15) is 84.0 Å². The number of esters is 1. The van der Waals surface area contributed by atoms with Crippen molar-refractivity contribution in [3.8, 4) is 0 Å². The van der Waals surface area contributed by atoms with Crippen molar-refractivity contribution < 1.29 is 28.8 Å². The molecule has 0 amide bonds. The summed E-state index contributed by atoms with van der Waals surface area (Å²) in [4.78, 5) is 37.1. The van der Waals surface area contributed by atoms with Gasteiger partial charge in [0.25, 0.3) is 0 Å². The number of guanidine groups is 1. The normalized spacial score (nSPS) is 11.9. The zero-order valence-electron chi connectivity index (χ0n) is 17.7. The molecule has 0 aromatic rings. The summed E-state index contributed by atoms with van der Waals surface area (Å²) < 4.78 is 14.1. The number of ether oxygens (including phenoxy) is 1. The standard InChI is InChI=1S/C18H38N4O2.H3O4P/c1-2-3-4-5-6-7-8-9-10-11-15-24-17(23)16(19)13-12-14-22-18(20)21;1-5(2,3)4/h16H,2-15,19H2,1H3,(H4,20,21,22);(H3,1,2,3,4)/t16-;/m0./s1. The fourth-order valence-electron chi connectivity index (χ4n) is 2.51. The van der Waals surface area contributed by atoms with Crippen LogP contribution in [0.3, 0.4) is 0 Å². The summed E-state index contributed by atoms with van der Waals surface area (Å²) in [5.41, 5.74) is 16.2. The molecule has 0 spiro atoms. The third-order valence-electron chi connectivity index (χ3n) is 4.01. The Labute approximate surface area is 174 Å². The smallest absolute Gasteiger partial charge is 0.465 e. The third-order valence-corrected chi connectivity index (χ3v) is 4.01. The van der Waals surface area contributed by atoms with Crippen molar-refractivity contribution in [3.63, 3.8) is 0 Å². The van der Waals surface area contributed by atoms with Gasteiger partial charge in [-0.1, -0.05) is 64.7 Å². The quantitative estimate of drug-likeness (QED) is 0.0683. The van der Waals surface area contributed by atoms with Crippen molar-refractivity contribution >= 4 is 19.8 Å². The van der Waals surface area contributed by atoms with Crippen LogP contribution in [0.5, 0.6) is 0 Å². The van der Waals surface area contributed by atoms with E-state index in [1.165, 1.54) is 51.4 Å². The molecule has 9 N–H and O–H groups in total. The molecule has 0 heterocycles. The molecule has 0 aliphatic carbocycles. The average Bonchev–Trinajstić information content (AvgIpc) is 2.61. The molecule has 0 bridgehead atoms. The Morgan fingerprint density at radius 1 is 0.931 bits per heavy atom. The zero-order valence-corrected chi connectivity index (χ0v) is 18.6. The van der Waals surface area contributed by atoms with Crippen LogP contribution in [0, 0.1) is 0 Å². The van der Waals surface area contributed by atoms with Gasteiger partial charge in [-0.2, -0.15) is 0 Å². The van der Waals surface area contributed by atoms with Gasteiger partial charge in [-0.05, 0) is 19.3 Å². The molecule has 1 atom stereocenters. The molecule has 0 aliphatic heterocycles. The summed E-state index contributed by atoms with van der Waals surface area (Å²) in [6.07, 6.45) is 13.8. The number of hydrogen-bond acceptors (Lipinski definition) is 5. The van der Waals surface area contributed by atoms with Crippen LogP contribution in [0.2, 0.25) is 0 Å². The number of carbonyl (C=O) groups excluding carboxylic acids is 1. The van der Waals surface area contributed by atoms with Gasteiger partial charge in [-0.3, -0.25) is 9.79 Å². The van der Waals surface area contributed by atoms with Crippen molar-refractivity contribution in [1.82, 2.24) is 0 Å². The molecule has 0 aliphatic rings. The fraction of sp³-hybridized carbons (Fsp3) is 0.889. The van der Waals surface area contributed by atoms with E-state index in [0.717, 1.165) is 12.8 Å². The average molecular weight is 441 g/mol. The van der Waals surface area contributed by atoms with Crippen LogP contribution in [0.25, 0.3) is 0 Å². The molecule has 0 unspecified atom stereocenters. The van der Waals surface area contributed by atoms with E-state index in [1.807, 2.05) is 0 Å². The van der Waals surface area contributed by atoms with Gasteiger partial charge in [-0.15, -0.1) is 0 Å². The topological polar surface area (TPSA) is 194 Å². The zero-order chi connectivity index (χ0) is 22.5. The molecular formula is C18H41N4O6P. The number of aliphatic imine (C=N–C) groups is 1. The number of rotatable bonds is 16. The first-order valence-electron chi connectivity index (χ1n) is 10.3. The minimum atomic E-state index is -4.64. The van der Waals surface area contributed by atoms with Crippen LogP contribution in [-0.4, -0.2) is 45.8 Å². The number of nitrogens with two attached hydrogens (primary N) is 3. The molecule has 29 heavy (non-hydrogen) atoms. The van der Waals surface area contributed by atoms with Gasteiger partial charge < -0.3 is 36.6 Å². The third kappa shape index (κ3) is 31.7. The maximum atomic E-state index is 11.7. The Morgan fingerprint density at radius 2 is 1.38 bits per heavy atom. The van der Waals surface area contributed by atoms with Crippen molar-refractivity contribution in [2.45, 2.75) is 90.0 Å². The van der Waals surface area contributed by atoms with Crippen molar-refractivity contribution in [2.24, 2.45) is 22.2 Å². The number of phosphoric acid groups is 1. The van der Waals surface area contributed by atoms with E-state index < -0.39 is 13.9 Å². The predicted molar refractivity (Wildman–Crippen MR) is 115 cm³/mol. The molecule has 11 heteroatoms. The van der Waals surface area contributed by atoms with E-state index in [2.05, 4.69) is 11.9 Å². The van der Waals surface area contributed by atoms with Crippen molar-refractivity contribution in [3.05, 3.63) is 0 Å². The summed E-state index contributed by atoms with van der Waals surface area (Å²) in [5, 5.41) is 0. The molecule has 0 saturated heterocycles. The molecule has 0 saturated carbocycles. The van der Waals surface area contributed by atoms with Gasteiger partial charge in [0.15, 0.2) is 5.96 Å². The second-order valence-corrected chi connectivity index (χ2v) is 7.94. The van der Waals surface area contributed by atoms with Crippen LogP contribution in [0.4, 0.5) is 0 Å². The number of unbranched alkanes of at least 4 members (excludes halogenated alkanes) is 9. The second-order valence-electron chi connectivity index (χ2n) is 6.92. The van der Waals surface area contributed by atoms with Crippen LogP contribution < -0.4 is 17.2 Å². The van der Waals surface area contributed by atoms with Crippen LogP contribution in [-0.2, 0) is 14.1 Å². The van der Waals surface area contributed by atoms with E-state index in [0.29, 0.717) is 26.0 Å². The van der Waals surface area contributed by atoms with Crippen LogP contribution in [0.15, 0.2) is 4.99 Å². The van der Waals surface area contributed by atoms with E-state index >= 15 is 0 Å². The molecular weight excluding hydrogens is 399 g/mol. The van der Waals surface area contributed by atoms with Gasteiger partial charge in [0.1, 0.15) is 6.04 Å². The lowest BCUT2D eigenvalue weighted by molar-refractivity contribution is -0.145. The Kier molecular flexibility index (Phi) is 20.8. The van der Waals surface area contributed by atoms with Crippen LogP contribution >= 0.6 is 7.82 Å². The summed E-state index contributed by atoms with van der Waals surface area (Å²) in [6, 6.07) is -0.581. The molecule has 174 valence electrons. The van der Waals surface area contributed by atoms with E-state index in [1.54, 1.807) is 0 Å². The first kappa shape index (κ1) is 30.0. The number of hydrogen-bond donors (Lipinski definition) is 6. The van der Waals surface area contributed by atoms with E-state index in [4.69, 9.17) is 41.2 Å². The van der Waals surface area contributed by atoms with Gasteiger partial charge in [-0.25, -0.2) is 4.57 Å². The highest BCUT2D eigenvalue weighted by atomic mass is 31.2. The monoisotopic (exact) mass is 440 g/mol. The first-order chi connectivity index (χ1) is 13.6. The van der Waals surface area contributed by atoms with Gasteiger partial charge in [0.2, 0.25) is 0 Å². The summed E-state index contributed by atoms with van der Waals surface area (Å²) in [6.45, 7) is 3.20. The fourth-order valence-corrected chi connectivity index (χ4v) is 2.51. The Hall–Kier alpha value is -1.19. The van der Waals surface area contributed by atoms with E-state index in [-0.39, 0.29) is 11.9 Å². The van der Waals surface area contributed by atoms with Crippen molar-refractivity contribution in [2.75, 3.05) is 13.2 Å². The van der Waals surface area contributed by atoms with Gasteiger partial charge in [0.05, 0.1) is 6.61 Å². The molecule has 10 nitrogen and oxygen atoms in total. The lowest BCUT2D eigenvalue weighted by Crippen LogP contribution is -2.32. The SMILES string of the molecule is CCCCCCCCCCCCOC(=O)[C@@H](N)CCCN=C(N)N.O=P(O)(O)O. The first-order valence-corrected chi connectivity index (χ1v) is 11.9. The predicted octanol–water partition coefficient (Wildman–Crippen LogP) is 1.90. The highest BCUT2D eigenvalue weighted by molar-refractivity contribution is 7.45. The molecule has 0 rings (SSSR count). The highest BCUT2D eigenvalue weighted by Gasteiger charge is 2.14. The summed E-state index contributed by atoms with van der Waals surface area (Å²) in [7, 11) is -4.64. The van der Waals surface area contributed by atoms with E-state index in [9.17, 15) is 4.79 Å². The lowest BCUT2D eigenvalue weighted by atomic mass is 10.1. The maximum Gasteiger partial charge on any atom is 0.466 e. The van der Waals surface area contributed by atoms with Gasteiger partial charge >= 0.3 is 13.8 Å². The van der Waals surface area contributed by atoms with Gasteiger partial charge in [0, 0.05) is 6.54 Å². The minimum absolute atomic E-state index is 0.0621. The Morgan fingerprint density at radius 3 is 1.83 bits per heavy atom. The molecule has 0 aromatic carbocycles. The van der Waals surface area contributed by atoms with Crippen molar-refractivity contribution in [1.29, 1.82) is 0 Å². The lowest BCUT2D eigenvalue weighted by Gasteiger charge is -2.10. The molecule has 0 fully saturated rings. The number of carbonyl (C=O) groups is 1. The number of nitrogens with zero attached hydrogens (tertiary/aromatic N) is 1. The molecule has 0 radical (unpaired) electrons. The maximum absolute atomic E-state index is 11.7. The summed E-state index contributed by atoms with van der Waals surface area (Å²) in [5.74, 6) is -0.261. The Balaban J connectivity index is 0. The second kappa shape index (κ2) is 20.1. The highest BCUT2D eigenvalue weighted by Crippen LogP contribution is 2.25.